The Morgan fingerprint density at radius 1 is 0.957 bits per heavy atom. The molecule has 0 saturated carbocycles. The molecule has 3 nitrogen and oxygen atoms in total. The van der Waals surface area contributed by atoms with Crippen molar-refractivity contribution in [3.8, 4) is 11.1 Å². The van der Waals surface area contributed by atoms with Gasteiger partial charge in [-0.2, -0.15) is 0 Å². The van der Waals surface area contributed by atoms with Gasteiger partial charge in [-0.1, -0.05) is 60.1 Å². The fourth-order valence-corrected chi connectivity index (χ4v) is 2.40. The topological polar surface area (TPSA) is 42.0 Å². The normalized spacial score (nSPS) is 10.3. The third kappa shape index (κ3) is 3.96. The van der Waals surface area contributed by atoms with Gasteiger partial charge < -0.3 is 5.32 Å². The zero-order valence-corrected chi connectivity index (χ0v) is 13.1. The van der Waals surface area contributed by atoms with E-state index in [9.17, 15) is 4.79 Å². The molecule has 0 spiro atoms. The van der Waals surface area contributed by atoms with Crippen LogP contribution in [0, 0.1) is 0 Å². The van der Waals surface area contributed by atoms with Crippen molar-refractivity contribution in [2.24, 2.45) is 0 Å². The van der Waals surface area contributed by atoms with Gasteiger partial charge in [0.15, 0.2) is 0 Å². The van der Waals surface area contributed by atoms with E-state index in [0.29, 0.717) is 17.3 Å². The van der Waals surface area contributed by atoms with Crippen LogP contribution < -0.4 is 5.32 Å². The average molecular weight is 323 g/mol. The second-order valence-electron chi connectivity index (χ2n) is 5.12. The second-order valence-corrected chi connectivity index (χ2v) is 5.51. The summed E-state index contributed by atoms with van der Waals surface area (Å²) in [6.45, 7) is 0.460. The molecule has 2 aromatic carbocycles. The van der Waals surface area contributed by atoms with E-state index in [-0.39, 0.29) is 5.91 Å². The largest absolute Gasteiger partial charge is 0.348 e. The number of hydrogen-bond acceptors (Lipinski definition) is 2. The molecule has 3 rings (SSSR count). The Hall–Kier alpha value is -2.65. The van der Waals surface area contributed by atoms with Crippen LogP contribution in [0.15, 0.2) is 72.9 Å². The SMILES string of the molecule is O=C(NCc1cccc(-c2ccccc2)c1)c1ccc(Cl)nc1. The molecule has 0 fully saturated rings. The summed E-state index contributed by atoms with van der Waals surface area (Å²) in [5.41, 5.74) is 3.82. The van der Waals surface area contributed by atoms with Crippen LogP contribution >= 0.6 is 11.6 Å². The van der Waals surface area contributed by atoms with Crippen LogP contribution in [-0.2, 0) is 6.54 Å². The van der Waals surface area contributed by atoms with Gasteiger partial charge in [0.1, 0.15) is 5.15 Å². The van der Waals surface area contributed by atoms with Crippen LogP contribution in [0.5, 0.6) is 0 Å². The Morgan fingerprint density at radius 2 is 1.74 bits per heavy atom. The number of amides is 1. The van der Waals surface area contributed by atoms with Crippen molar-refractivity contribution < 1.29 is 4.79 Å². The Morgan fingerprint density at radius 3 is 2.48 bits per heavy atom. The lowest BCUT2D eigenvalue weighted by molar-refractivity contribution is 0.0950. The van der Waals surface area contributed by atoms with Crippen LogP contribution in [-0.4, -0.2) is 10.9 Å². The van der Waals surface area contributed by atoms with Crippen molar-refractivity contribution in [3.05, 3.63) is 89.2 Å². The zero-order valence-electron chi connectivity index (χ0n) is 12.4. The van der Waals surface area contributed by atoms with Crippen LogP contribution in [0.1, 0.15) is 15.9 Å². The smallest absolute Gasteiger partial charge is 0.253 e. The molecule has 0 unspecified atom stereocenters. The number of hydrogen-bond donors (Lipinski definition) is 1. The first-order valence-electron chi connectivity index (χ1n) is 7.26. The quantitative estimate of drug-likeness (QED) is 0.726. The van der Waals surface area contributed by atoms with Gasteiger partial charge in [-0.3, -0.25) is 4.79 Å². The number of nitrogens with one attached hydrogen (secondary N) is 1. The highest BCUT2D eigenvalue weighted by molar-refractivity contribution is 6.29. The lowest BCUT2D eigenvalue weighted by Gasteiger charge is -2.08. The third-order valence-electron chi connectivity index (χ3n) is 3.48. The standard InChI is InChI=1S/C19H15ClN2O/c20-18-10-9-17(13-21-18)19(23)22-12-14-5-4-8-16(11-14)15-6-2-1-3-7-15/h1-11,13H,12H2,(H,22,23). The number of benzene rings is 2. The molecule has 0 saturated heterocycles. The summed E-state index contributed by atoms with van der Waals surface area (Å²) in [4.78, 5) is 16.0. The number of nitrogens with zero attached hydrogens (tertiary/aromatic N) is 1. The van der Waals surface area contributed by atoms with Crippen molar-refractivity contribution in [3.63, 3.8) is 0 Å². The summed E-state index contributed by atoms with van der Waals surface area (Å²) in [6, 6.07) is 21.5. The highest BCUT2D eigenvalue weighted by Crippen LogP contribution is 2.20. The van der Waals surface area contributed by atoms with Crippen molar-refractivity contribution in [2.75, 3.05) is 0 Å². The molecule has 0 aliphatic carbocycles. The fourth-order valence-electron chi connectivity index (χ4n) is 2.29. The van der Waals surface area contributed by atoms with E-state index in [0.717, 1.165) is 16.7 Å². The minimum Gasteiger partial charge on any atom is -0.348 e. The maximum atomic E-state index is 12.1. The molecule has 114 valence electrons. The maximum Gasteiger partial charge on any atom is 0.253 e. The van der Waals surface area contributed by atoms with Crippen LogP contribution in [0.2, 0.25) is 5.15 Å². The number of rotatable bonds is 4. The van der Waals surface area contributed by atoms with Crippen molar-refractivity contribution >= 4 is 17.5 Å². The molecule has 23 heavy (non-hydrogen) atoms. The molecular weight excluding hydrogens is 308 g/mol. The zero-order chi connectivity index (χ0) is 16.1. The molecule has 1 amide bonds. The maximum absolute atomic E-state index is 12.1. The van der Waals surface area contributed by atoms with Crippen LogP contribution in [0.4, 0.5) is 0 Å². The molecule has 0 aliphatic heterocycles. The Kier molecular flexibility index (Phi) is 4.69. The van der Waals surface area contributed by atoms with E-state index in [4.69, 9.17) is 11.6 Å². The van der Waals surface area contributed by atoms with Gasteiger partial charge >= 0.3 is 0 Å². The van der Waals surface area contributed by atoms with E-state index >= 15 is 0 Å². The molecule has 0 bridgehead atoms. The minimum atomic E-state index is -0.167. The summed E-state index contributed by atoms with van der Waals surface area (Å²) >= 11 is 5.72. The number of carbonyl (C=O) groups is 1. The van der Waals surface area contributed by atoms with Crippen molar-refractivity contribution in [1.29, 1.82) is 0 Å². The Bertz CT molecular complexity index is 801. The van der Waals surface area contributed by atoms with Gasteiger partial charge in [-0.25, -0.2) is 4.98 Å². The number of aromatic nitrogens is 1. The van der Waals surface area contributed by atoms with E-state index in [1.54, 1.807) is 12.1 Å². The first-order chi connectivity index (χ1) is 11.2. The lowest BCUT2D eigenvalue weighted by atomic mass is 10.0. The first kappa shape index (κ1) is 15.3. The molecule has 1 N–H and O–H groups in total. The average Bonchev–Trinajstić information content (AvgIpc) is 2.61. The minimum absolute atomic E-state index is 0.167. The van der Waals surface area contributed by atoms with Gasteiger partial charge in [0, 0.05) is 12.7 Å². The molecular formula is C19H15ClN2O. The predicted octanol–water partition coefficient (Wildman–Crippen LogP) is 4.33. The van der Waals surface area contributed by atoms with E-state index in [2.05, 4.69) is 34.6 Å². The summed E-state index contributed by atoms with van der Waals surface area (Å²) in [5, 5.41) is 3.26. The summed E-state index contributed by atoms with van der Waals surface area (Å²) in [5.74, 6) is -0.167. The Balaban J connectivity index is 1.69. The van der Waals surface area contributed by atoms with E-state index in [1.165, 1.54) is 6.20 Å². The van der Waals surface area contributed by atoms with Gasteiger partial charge in [-0.15, -0.1) is 0 Å². The highest BCUT2D eigenvalue weighted by Gasteiger charge is 2.06. The number of carbonyl (C=O) groups excluding carboxylic acids is 1. The highest BCUT2D eigenvalue weighted by atomic mass is 35.5. The first-order valence-corrected chi connectivity index (χ1v) is 7.64. The molecule has 3 aromatic rings. The van der Waals surface area contributed by atoms with Crippen LogP contribution in [0.3, 0.4) is 0 Å². The second kappa shape index (κ2) is 7.07. The number of halogens is 1. The molecule has 4 heteroatoms. The van der Waals surface area contributed by atoms with Crippen molar-refractivity contribution in [1.82, 2.24) is 10.3 Å². The Labute approximate surface area is 140 Å². The predicted molar refractivity (Wildman–Crippen MR) is 92.3 cm³/mol. The molecule has 0 aliphatic rings. The third-order valence-corrected chi connectivity index (χ3v) is 3.70. The monoisotopic (exact) mass is 322 g/mol. The van der Waals surface area contributed by atoms with E-state index < -0.39 is 0 Å². The summed E-state index contributed by atoms with van der Waals surface area (Å²) in [7, 11) is 0. The molecule has 0 atom stereocenters. The number of pyridine rings is 1. The molecule has 1 heterocycles. The lowest BCUT2D eigenvalue weighted by Crippen LogP contribution is -2.22. The van der Waals surface area contributed by atoms with Crippen LogP contribution in [0.25, 0.3) is 11.1 Å². The van der Waals surface area contributed by atoms with Gasteiger partial charge in [0.05, 0.1) is 5.56 Å². The van der Waals surface area contributed by atoms with Gasteiger partial charge in [0.2, 0.25) is 0 Å². The van der Waals surface area contributed by atoms with E-state index in [1.807, 2.05) is 30.3 Å². The van der Waals surface area contributed by atoms with Crippen molar-refractivity contribution in [2.45, 2.75) is 6.54 Å². The fraction of sp³-hybridized carbons (Fsp3) is 0.0526. The van der Waals surface area contributed by atoms with Gasteiger partial charge in [0.25, 0.3) is 5.91 Å². The molecule has 0 radical (unpaired) electrons. The summed E-state index contributed by atoms with van der Waals surface area (Å²) in [6.07, 6.45) is 1.47. The molecule has 1 aromatic heterocycles. The van der Waals surface area contributed by atoms with Gasteiger partial charge in [-0.05, 0) is 34.9 Å². The summed E-state index contributed by atoms with van der Waals surface area (Å²) < 4.78 is 0.